The normalized spacial score (nSPS) is 13.9. The molecule has 1 heterocycles. The van der Waals surface area contributed by atoms with Crippen molar-refractivity contribution in [2.45, 2.75) is 79.6 Å². The maximum Gasteiger partial charge on any atom is 0.343 e. The van der Waals surface area contributed by atoms with Crippen LogP contribution in [0.15, 0.2) is 23.1 Å². The average molecular weight is 462 g/mol. The Morgan fingerprint density at radius 3 is 2.25 bits per heavy atom. The largest absolute Gasteiger partial charge is 0.508 e. The molecule has 2 rings (SSSR count). The highest BCUT2D eigenvalue weighted by atomic mass is 28.4. The molecule has 0 spiro atoms. The Bertz CT molecular complexity index is 1060. The third kappa shape index (κ3) is 5.26. The number of hydrogen-bond acceptors (Lipinski definition) is 5. The monoisotopic (exact) mass is 461 g/mol. The van der Waals surface area contributed by atoms with Crippen molar-refractivity contribution in [3.63, 3.8) is 0 Å². The van der Waals surface area contributed by atoms with Crippen molar-refractivity contribution in [1.82, 2.24) is 4.57 Å². The lowest BCUT2D eigenvalue weighted by Gasteiger charge is -2.40. The minimum Gasteiger partial charge on any atom is -0.508 e. The molecule has 0 aliphatic heterocycles. The van der Waals surface area contributed by atoms with E-state index in [-0.39, 0.29) is 34.4 Å². The number of aryl methyl sites for hydroxylation is 1. The number of rotatable bonds is 6. The van der Waals surface area contributed by atoms with Crippen LogP contribution in [0.1, 0.15) is 70.4 Å². The van der Waals surface area contributed by atoms with Gasteiger partial charge in [0.15, 0.2) is 8.32 Å². The predicted molar refractivity (Wildman–Crippen MR) is 132 cm³/mol. The Balaban J connectivity index is 2.78. The van der Waals surface area contributed by atoms with Crippen LogP contribution >= 0.6 is 0 Å². The van der Waals surface area contributed by atoms with Crippen molar-refractivity contribution >= 4 is 25.2 Å². The van der Waals surface area contributed by atoms with Gasteiger partial charge in [0.25, 0.3) is 0 Å². The molecule has 32 heavy (non-hydrogen) atoms. The van der Waals surface area contributed by atoms with Crippen molar-refractivity contribution in [3.05, 3.63) is 39.7 Å². The summed E-state index contributed by atoms with van der Waals surface area (Å²) in [6.45, 7) is 21.5. The van der Waals surface area contributed by atoms with Crippen LogP contribution in [0.4, 0.5) is 0 Å². The molecule has 0 aliphatic rings. The lowest BCUT2D eigenvalue weighted by Crippen LogP contribution is -2.43. The smallest absolute Gasteiger partial charge is 0.343 e. The lowest BCUT2D eigenvalue weighted by molar-refractivity contribution is 0.0522. The number of carbonyl (C=O) groups excluding carboxylic acids is 1. The molecule has 0 bridgehead atoms. The number of carbonyl (C=O) groups is 1. The molecule has 1 aromatic heterocycles. The van der Waals surface area contributed by atoms with E-state index >= 15 is 0 Å². The van der Waals surface area contributed by atoms with E-state index in [1.807, 2.05) is 4.57 Å². The van der Waals surface area contributed by atoms with Crippen molar-refractivity contribution in [2.75, 3.05) is 13.2 Å². The summed E-state index contributed by atoms with van der Waals surface area (Å²) >= 11 is 0. The van der Waals surface area contributed by atoms with Crippen LogP contribution in [0.2, 0.25) is 18.1 Å². The Morgan fingerprint density at radius 2 is 1.75 bits per heavy atom. The number of pyridine rings is 1. The quantitative estimate of drug-likeness (QED) is 0.434. The summed E-state index contributed by atoms with van der Waals surface area (Å²) in [6.07, 6.45) is 1.60. The topological polar surface area (TPSA) is 77.8 Å². The number of phenolic OH excluding ortho intramolecular Hbond substituents is 1. The fraction of sp³-hybridized carbons (Fsp3) is 0.600. The number of fused-ring (bicyclic) bond motifs is 1. The van der Waals surface area contributed by atoms with Gasteiger partial charge in [-0.3, -0.25) is 4.79 Å². The standard InChI is InChI=1S/C25H39NO5Si/c1-11-30-23(29)18-14-26(19-12-16(2)20(27)13-17(19)22(18)28)21(24(3,4)5)15-31-32(9,10)25(6,7)8/h12-14,21,27H,11,15H2,1-10H3/t21-/m1/s1. The highest BCUT2D eigenvalue weighted by molar-refractivity contribution is 6.74. The van der Waals surface area contributed by atoms with Crippen molar-refractivity contribution in [3.8, 4) is 5.75 Å². The summed E-state index contributed by atoms with van der Waals surface area (Å²) in [6, 6.07) is 3.09. The second-order valence-electron chi connectivity index (χ2n) is 11.1. The maximum absolute atomic E-state index is 13.1. The highest BCUT2D eigenvalue weighted by Gasteiger charge is 2.39. The van der Waals surface area contributed by atoms with Gasteiger partial charge >= 0.3 is 5.97 Å². The minimum atomic E-state index is -2.03. The molecule has 0 amide bonds. The molecular formula is C25H39NO5Si. The summed E-state index contributed by atoms with van der Waals surface area (Å²) in [7, 11) is -2.03. The van der Waals surface area contributed by atoms with Gasteiger partial charge in [-0.2, -0.15) is 0 Å². The Hall–Kier alpha value is -2.12. The van der Waals surface area contributed by atoms with Crippen LogP contribution in [0.5, 0.6) is 5.75 Å². The molecular weight excluding hydrogens is 422 g/mol. The van der Waals surface area contributed by atoms with Gasteiger partial charge in [-0.1, -0.05) is 41.5 Å². The molecule has 0 saturated heterocycles. The van der Waals surface area contributed by atoms with Gasteiger partial charge in [0, 0.05) is 6.20 Å². The first-order chi connectivity index (χ1) is 14.5. The number of esters is 1. The zero-order chi connectivity index (χ0) is 24.6. The number of hydrogen-bond donors (Lipinski definition) is 1. The molecule has 7 heteroatoms. The first-order valence-corrected chi connectivity index (χ1v) is 14.1. The second kappa shape index (κ2) is 9.02. The van der Waals surface area contributed by atoms with E-state index in [1.54, 1.807) is 26.1 Å². The van der Waals surface area contributed by atoms with Gasteiger partial charge in [0.1, 0.15) is 11.3 Å². The SMILES string of the molecule is CCOC(=O)c1cn([C@H](CO[Si](C)(C)C(C)(C)C)C(C)(C)C)c2cc(C)c(O)cc2c1=O. The minimum absolute atomic E-state index is 0.0204. The molecule has 0 fully saturated rings. The van der Waals surface area contributed by atoms with Crippen LogP contribution in [-0.4, -0.2) is 37.2 Å². The molecule has 0 radical (unpaired) electrons. The molecule has 1 atom stereocenters. The molecule has 6 nitrogen and oxygen atoms in total. The van der Waals surface area contributed by atoms with Gasteiger partial charge in [0.05, 0.1) is 30.2 Å². The maximum atomic E-state index is 13.1. The lowest BCUT2D eigenvalue weighted by atomic mass is 9.86. The number of ether oxygens (including phenoxy) is 1. The van der Waals surface area contributed by atoms with Crippen molar-refractivity contribution in [1.29, 1.82) is 0 Å². The number of benzene rings is 1. The summed E-state index contributed by atoms with van der Waals surface area (Å²) in [5, 5.41) is 10.6. The Labute approximate surface area is 192 Å². The summed E-state index contributed by atoms with van der Waals surface area (Å²) in [5.74, 6) is -0.641. The number of phenols is 1. The van der Waals surface area contributed by atoms with E-state index < -0.39 is 19.7 Å². The van der Waals surface area contributed by atoms with E-state index in [4.69, 9.17) is 9.16 Å². The number of aromatic hydroxyl groups is 1. The predicted octanol–water partition coefficient (Wildman–Crippen LogP) is 5.80. The zero-order valence-corrected chi connectivity index (χ0v) is 22.3. The third-order valence-electron chi connectivity index (χ3n) is 6.59. The number of aromatic nitrogens is 1. The van der Waals surface area contributed by atoms with E-state index in [9.17, 15) is 14.7 Å². The molecule has 0 aliphatic carbocycles. The van der Waals surface area contributed by atoms with Crippen LogP contribution in [-0.2, 0) is 9.16 Å². The molecule has 2 aromatic rings. The van der Waals surface area contributed by atoms with Gasteiger partial charge < -0.3 is 18.8 Å². The third-order valence-corrected chi connectivity index (χ3v) is 11.1. The molecule has 0 saturated carbocycles. The summed E-state index contributed by atoms with van der Waals surface area (Å²) in [4.78, 5) is 25.7. The van der Waals surface area contributed by atoms with E-state index in [2.05, 4.69) is 54.6 Å². The number of nitrogens with zero attached hydrogens (tertiary/aromatic N) is 1. The van der Waals surface area contributed by atoms with Crippen LogP contribution in [0.25, 0.3) is 10.9 Å². The van der Waals surface area contributed by atoms with Crippen LogP contribution in [0, 0.1) is 12.3 Å². The average Bonchev–Trinajstić information content (AvgIpc) is 2.63. The Kier molecular flexibility index (Phi) is 7.37. The van der Waals surface area contributed by atoms with Crippen LogP contribution in [0.3, 0.4) is 0 Å². The summed E-state index contributed by atoms with van der Waals surface area (Å²) < 4.78 is 13.7. The van der Waals surface area contributed by atoms with Gasteiger partial charge in [-0.15, -0.1) is 0 Å². The molecule has 1 aromatic carbocycles. The molecule has 1 N–H and O–H groups in total. The Morgan fingerprint density at radius 1 is 1.16 bits per heavy atom. The molecule has 178 valence electrons. The van der Waals surface area contributed by atoms with E-state index in [0.29, 0.717) is 23.1 Å². The second-order valence-corrected chi connectivity index (χ2v) is 15.9. The first-order valence-electron chi connectivity index (χ1n) is 11.2. The van der Waals surface area contributed by atoms with Gasteiger partial charge in [-0.05, 0) is 55.1 Å². The fourth-order valence-electron chi connectivity index (χ4n) is 3.35. The first kappa shape index (κ1) is 26.1. The van der Waals surface area contributed by atoms with E-state index in [0.717, 1.165) is 0 Å². The van der Waals surface area contributed by atoms with Crippen molar-refractivity contribution in [2.24, 2.45) is 5.41 Å². The van der Waals surface area contributed by atoms with E-state index in [1.165, 1.54) is 6.07 Å². The van der Waals surface area contributed by atoms with Crippen LogP contribution < -0.4 is 5.43 Å². The van der Waals surface area contributed by atoms with Crippen molar-refractivity contribution < 1.29 is 19.1 Å². The molecule has 0 unspecified atom stereocenters. The zero-order valence-electron chi connectivity index (χ0n) is 21.3. The van der Waals surface area contributed by atoms with Gasteiger partial charge in [0.2, 0.25) is 5.43 Å². The highest BCUT2D eigenvalue weighted by Crippen LogP contribution is 2.40. The fourth-order valence-corrected chi connectivity index (χ4v) is 4.36. The summed E-state index contributed by atoms with van der Waals surface area (Å²) in [5.41, 5.74) is 0.610. The van der Waals surface area contributed by atoms with Gasteiger partial charge in [-0.25, -0.2) is 4.79 Å².